The third-order valence-corrected chi connectivity index (χ3v) is 4.66. The first-order valence-corrected chi connectivity index (χ1v) is 7.88. The lowest BCUT2D eigenvalue weighted by Gasteiger charge is -2.12. The van der Waals surface area contributed by atoms with Crippen LogP contribution in [0.1, 0.15) is 31.8 Å². The molecule has 0 fully saturated rings. The minimum atomic E-state index is -4.90. The molecule has 1 aliphatic rings. The third kappa shape index (κ3) is 2.28. The van der Waals surface area contributed by atoms with E-state index in [0.29, 0.717) is 11.1 Å². The Morgan fingerprint density at radius 1 is 0.957 bits per heavy atom. The highest BCUT2D eigenvalue weighted by molar-refractivity contribution is 7.86. The van der Waals surface area contributed by atoms with Gasteiger partial charge in [-0.25, -0.2) is 9.59 Å². The Hall–Kier alpha value is -2.71. The summed E-state index contributed by atoms with van der Waals surface area (Å²) in [5.74, 6) is -3.29. The molecule has 0 saturated heterocycles. The molecule has 0 atom stereocenters. The molecule has 0 heterocycles. The molecule has 0 unspecified atom stereocenters. The van der Waals surface area contributed by atoms with E-state index in [9.17, 15) is 32.8 Å². The maximum Gasteiger partial charge on any atom is 0.338 e. The number of aromatic carboxylic acids is 2. The molecule has 2 aromatic rings. The largest absolute Gasteiger partial charge is 0.478 e. The topological polar surface area (TPSA) is 129 Å². The van der Waals surface area contributed by atoms with Crippen molar-refractivity contribution in [3.63, 3.8) is 0 Å². The van der Waals surface area contributed by atoms with Crippen LogP contribution in [0.4, 0.5) is 0 Å². The van der Waals surface area contributed by atoms with Crippen molar-refractivity contribution in [2.24, 2.45) is 0 Å². The van der Waals surface area contributed by atoms with Gasteiger partial charge in [-0.1, -0.05) is 24.3 Å². The predicted molar refractivity (Wildman–Crippen MR) is 78.4 cm³/mol. The second kappa shape index (κ2) is 4.90. The molecular formula is C15H10O7S. The van der Waals surface area contributed by atoms with E-state index in [1.54, 1.807) is 24.3 Å². The average molecular weight is 334 g/mol. The number of carboxylic acids is 2. The van der Waals surface area contributed by atoms with Crippen molar-refractivity contribution in [3.8, 4) is 11.1 Å². The molecule has 0 aliphatic heterocycles. The summed E-state index contributed by atoms with van der Waals surface area (Å²) >= 11 is 0. The number of hydrogen-bond donors (Lipinski definition) is 3. The van der Waals surface area contributed by atoms with E-state index in [0.717, 1.165) is 11.6 Å². The van der Waals surface area contributed by atoms with Gasteiger partial charge in [0.05, 0.1) is 11.1 Å². The fourth-order valence-corrected chi connectivity index (χ4v) is 3.62. The number of carbonyl (C=O) groups is 2. The molecule has 0 amide bonds. The van der Waals surface area contributed by atoms with Crippen molar-refractivity contribution in [2.75, 3.05) is 0 Å². The van der Waals surface area contributed by atoms with Gasteiger partial charge in [-0.15, -0.1) is 0 Å². The van der Waals surface area contributed by atoms with Crippen molar-refractivity contribution in [1.82, 2.24) is 0 Å². The van der Waals surface area contributed by atoms with E-state index in [1.807, 2.05) is 0 Å². The first-order valence-electron chi connectivity index (χ1n) is 6.44. The zero-order valence-corrected chi connectivity index (χ0v) is 12.3. The summed E-state index contributed by atoms with van der Waals surface area (Å²) in [6, 6.07) is 7.89. The molecule has 1 aliphatic carbocycles. The highest BCUT2D eigenvalue weighted by Crippen LogP contribution is 2.41. The molecule has 3 rings (SSSR count). The van der Waals surface area contributed by atoms with Crippen LogP contribution in [-0.4, -0.2) is 35.1 Å². The molecule has 8 heteroatoms. The summed E-state index contributed by atoms with van der Waals surface area (Å²) in [5, 5.41) is 18.7. The maximum atomic E-state index is 11.6. The van der Waals surface area contributed by atoms with E-state index < -0.39 is 38.1 Å². The lowest BCUT2D eigenvalue weighted by atomic mass is 9.96. The molecule has 23 heavy (non-hydrogen) atoms. The van der Waals surface area contributed by atoms with Gasteiger partial charge in [-0.3, -0.25) is 4.55 Å². The average Bonchev–Trinajstić information content (AvgIpc) is 2.82. The SMILES string of the molecule is O=C(O)c1c(S(=O)(=O)O)cc2c(c1C(=O)O)Cc1ccccc1-2. The molecule has 0 radical (unpaired) electrons. The summed E-state index contributed by atoms with van der Waals surface area (Å²) in [6.07, 6.45) is 0.180. The Morgan fingerprint density at radius 3 is 2.13 bits per heavy atom. The molecular weight excluding hydrogens is 324 g/mol. The van der Waals surface area contributed by atoms with Crippen molar-refractivity contribution in [2.45, 2.75) is 11.3 Å². The second-order valence-electron chi connectivity index (χ2n) is 5.07. The molecule has 0 aromatic heterocycles. The summed E-state index contributed by atoms with van der Waals surface area (Å²) in [5.41, 5.74) is 0.366. The Kier molecular flexibility index (Phi) is 3.24. The van der Waals surface area contributed by atoms with Gasteiger partial charge in [0.2, 0.25) is 0 Å². The highest BCUT2D eigenvalue weighted by Gasteiger charge is 2.34. The van der Waals surface area contributed by atoms with Crippen LogP contribution in [0.25, 0.3) is 11.1 Å². The van der Waals surface area contributed by atoms with Crippen molar-refractivity contribution in [3.05, 3.63) is 52.6 Å². The fourth-order valence-electron chi connectivity index (χ4n) is 2.90. The van der Waals surface area contributed by atoms with E-state index in [4.69, 9.17) is 0 Å². The van der Waals surface area contributed by atoms with Crippen LogP contribution in [0.3, 0.4) is 0 Å². The second-order valence-corrected chi connectivity index (χ2v) is 6.46. The van der Waals surface area contributed by atoms with Gasteiger partial charge in [0.15, 0.2) is 0 Å². The number of benzene rings is 2. The van der Waals surface area contributed by atoms with E-state index in [-0.39, 0.29) is 12.0 Å². The number of fused-ring (bicyclic) bond motifs is 3. The molecule has 0 bridgehead atoms. The van der Waals surface area contributed by atoms with E-state index in [1.165, 1.54) is 0 Å². The van der Waals surface area contributed by atoms with Gasteiger partial charge < -0.3 is 10.2 Å². The van der Waals surface area contributed by atoms with Gasteiger partial charge >= 0.3 is 11.9 Å². The molecule has 0 saturated carbocycles. The summed E-state index contributed by atoms with van der Waals surface area (Å²) in [7, 11) is -4.90. The number of carboxylic acid groups (broad SMARTS) is 2. The van der Waals surface area contributed by atoms with Crippen LogP contribution in [0.15, 0.2) is 35.2 Å². The highest BCUT2D eigenvalue weighted by atomic mass is 32.2. The zero-order valence-electron chi connectivity index (χ0n) is 11.5. The van der Waals surface area contributed by atoms with Gasteiger partial charge in [0.1, 0.15) is 4.90 Å². The normalized spacial score (nSPS) is 12.6. The minimum Gasteiger partial charge on any atom is -0.478 e. The van der Waals surface area contributed by atoms with Crippen LogP contribution in [0.2, 0.25) is 0 Å². The maximum absolute atomic E-state index is 11.6. The van der Waals surface area contributed by atoms with Crippen LogP contribution in [-0.2, 0) is 16.5 Å². The molecule has 118 valence electrons. The third-order valence-electron chi connectivity index (χ3n) is 3.78. The lowest BCUT2D eigenvalue weighted by Crippen LogP contribution is -2.17. The van der Waals surface area contributed by atoms with Crippen LogP contribution in [0.5, 0.6) is 0 Å². The monoisotopic (exact) mass is 334 g/mol. The molecule has 7 nitrogen and oxygen atoms in total. The number of hydrogen-bond acceptors (Lipinski definition) is 4. The van der Waals surface area contributed by atoms with Crippen molar-refractivity contribution < 1.29 is 32.8 Å². The Balaban J connectivity index is 2.50. The lowest BCUT2D eigenvalue weighted by molar-refractivity contribution is 0.0647. The van der Waals surface area contributed by atoms with Crippen LogP contribution in [0, 0.1) is 0 Å². The molecule has 2 aromatic carbocycles. The van der Waals surface area contributed by atoms with Gasteiger partial charge in [0, 0.05) is 0 Å². The minimum absolute atomic E-state index is 0.180. The van der Waals surface area contributed by atoms with Crippen LogP contribution < -0.4 is 0 Å². The van der Waals surface area contributed by atoms with Crippen LogP contribution >= 0.6 is 0 Å². The summed E-state index contributed by atoms with van der Waals surface area (Å²) in [4.78, 5) is 22.1. The first kappa shape index (κ1) is 15.2. The van der Waals surface area contributed by atoms with E-state index >= 15 is 0 Å². The van der Waals surface area contributed by atoms with Crippen molar-refractivity contribution >= 4 is 22.1 Å². The quantitative estimate of drug-likeness (QED) is 0.624. The standard InChI is InChI=1S/C15H10O7S/c16-14(17)12-10-5-7-3-1-2-4-8(7)9(10)6-11(23(20,21)22)13(12)15(18)19/h1-4,6H,5H2,(H,16,17)(H,18,19)(H,20,21,22). The van der Waals surface area contributed by atoms with Gasteiger partial charge in [-0.2, -0.15) is 8.42 Å². The van der Waals surface area contributed by atoms with Crippen molar-refractivity contribution in [1.29, 1.82) is 0 Å². The number of rotatable bonds is 3. The predicted octanol–water partition coefficient (Wildman–Crippen LogP) is 1.90. The molecule has 3 N–H and O–H groups in total. The first-order chi connectivity index (χ1) is 10.7. The Bertz CT molecular complexity index is 974. The van der Waals surface area contributed by atoms with E-state index in [2.05, 4.69) is 0 Å². The molecule has 0 spiro atoms. The Labute approximate surface area is 130 Å². The summed E-state index contributed by atoms with van der Waals surface area (Å²) in [6.45, 7) is 0. The Morgan fingerprint density at radius 2 is 1.57 bits per heavy atom. The zero-order chi connectivity index (χ0) is 16.9. The summed E-state index contributed by atoms with van der Waals surface area (Å²) < 4.78 is 32.4. The fraction of sp³-hybridized carbons (Fsp3) is 0.0667. The smallest absolute Gasteiger partial charge is 0.338 e. The van der Waals surface area contributed by atoms with Gasteiger partial charge in [-0.05, 0) is 34.7 Å². The van der Waals surface area contributed by atoms with Gasteiger partial charge in [0.25, 0.3) is 10.1 Å².